The number of nitrogens with one attached hydrogen (secondary N) is 1. The molecule has 0 unspecified atom stereocenters. The predicted octanol–water partition coefficient (Wildman–Crippen LogP) is 5.99. The number of nitrogens with zero attached hydrogens (tertiary/aromatic N) is 5. The molecule has 0 bridgehead atoms. The molecule has 3 heterocycles. The van der Waals surface area contributed by atoms with Crippen molar-refractivity contribution < 1.29 is 4.74 Å². The van der Waals surface area contributed by atoms with E-state index in [1.165, 1.54) is 42.4 Å². The van der Waals surface area contributed by atoms with E-state index >= 15 is 0 Å². The van der Waals surface area contributed by atoms with E-state index in [9.17, 15) is 0 Å². The number of benzene rings is 1. The van der Waals surface area contributed by atoms with Crippen molar-refractivity contribution in [1.82, 2.24) is 24.3 Å². The Labute approximate surface area is 241 Å². The molecule has 0 radical (unpaired) electrons. The smallest absolute Gasteiger partial charge is 0.224 e. The van der Waals surface area contributed by atoms with Gasteiger partial charge in [-0.2, -0.15) is 4.98 Å². The lowest BCUT2D eigenvalue weighted by Gasteiger charge is -2.32. The summed E-state index contributed by atoms with van der Waals surface area (Å²) in [7, 11) is 3.97. The first kappa shape index (κ1) is 27.8. The van der Waals surface area contributed by atoms with Crippen LogP contribution in [0, 0.1) is 0 Å². The SMILES string of the molecule is COCCC[C@H](C)Nc1ncc2c(-c3ccc(CN4CCN(C)CC4)cc3)cn(C3CCC(I)CC3)c2n1. The monoisotopic (exact) mass is 630 g/mol. The number of likely N-dealkylation sites (N-methyl/N-ethyl adjacent to an activating group) is 1. The van der Waals surface area contributed by atoms with Crippen LogP contribution in [0.15, 0.2) is 36.7 Å². The van der Waals surface area contributed by atoms with Gasteiger partial charge in [0.05, 0.1) is 0 Å². The van der Waals surface area contributed by atoms with Gasteiger partial charge in [-0.3, -0.25) is 4.90 Å². The summed E-state index contributed by atoms with van der Waals surface area (Å²) in [6, 6.07) is 9.98. The highest BCUT2D eigenvalue weighted by Gasteiger charge is 2.24. The molecule has 7 nitrogen and oxygen atoms in total. The standard InChI is InChI=1S/C30H43IN6O/c1-22(5-4-18-38-3)33-30-32-19-27-28(21-37(29(27)34-30)26-12-10-25(31)11-13-26)24-8-6-23(7-9-24)20-36-16-14-35(2)15-17-36/h6-9,19,21-22,25-26H,4-5,10-18,20H2,1-3H3,(H,32,33,34)/t22-,25?,26?/m0/s1. The van der Waals surface area contributed by atoms with E-state index in [0.29, 0.717) is 12.1 Å². The highest BCUT2D eigenvalue weighted by Crippen LogP contribution is 2.38. The zero-order valence-electron chi connectivity index (χ0n) is 23.2. The minimum atomic E-state index is 0.299. The first-order valence-electron chi connectivity index (χ1n) is 14.3. The van der Waals surface area contributed by atoms with Crippen molar-refractivity contribution in [2.75, 3.05) is 52.3 Å². The number of hydrogen-bond acceptors (Lipinski definition) is 6. The Morgan fingerprint density at radius 2 is 1.82 bits per heavy atom. The van der Waals surface area contributed by atoms with E-state index in [1.54, 1.807) is 7.11 Å². The van der Waals surface area contributed by atoms with Crippen LogP contribution in [0.3, 0.4) is 0 Å². The maximum Gasteiger partial charge on any atom is 0.224 e. The first-order chi connectivity index (χ1) is 18.5. The molecule has 0 amide bonds. The number of alkyl halides is 1. The third-order valence-electron chi connectivity index (χ3n) is 8.22. The zero-order chi connectivity index (χ0) is 26.5. The third-order valence-corrected chi connectivity index (χ3v) is 9.46. The topological polar surface area (TPSA) is 58.5 Å². The Balaban J connectivity index is 1.39. The van der Waals surface area contributed by atoms with Crippen molar-refractivity contribution >= 4 is 39.6 Å². The maximum atomic E-state index is 5.22. The molecule has 1 saturated heterocycles. The summed E-state index contributed by atoms with van der Waals surface area (Å²) in [6.07, 6.45) is 11.4. The lowest BCUT2D eigenvalue weighted by molar-refractivity contribution is 0.148. The van der Waals surface area contributed by atoms with Crippen molar-refractivity contribution in [3.63, 3.8) is 0 Å². The van der Waals surface area contributed by atoms with Crippen molar-refractivity contribution in [1.29, 1.82) is 0 Å². The van der Waals surface area contributed by atoms with Gasteiger partial charge < -0.3 is 19.5 Å². The van der Waals surface area contributed by atoms with Crippen LogP contribution < -0.4 is 5.32 Å². The van der Waals surface area contributed by atoms with E-state index in [0.717, 1.165) is 73.1 Å². The molecule has 0 spiro atoms. The van der Waals surface area contributed by atoms with Crippen molar-refractivity contribution in [3.8, 4) is 11.1 Å². The van der Waals surface area contributed by atoms with Crippen LogP contribution in [-0.2, 0) is 11.3 Å². The second kappa shape index (κ2) is 13.1. The van der Waals surface area contributed by atoms with Gasteiger partial charge in [-0.25, -0.2) is 4.98 Å². The summed E-state index contributed by atoms with van der Waals surface area (Å²) in [5.74, 6) is 0.721. The summed E-state index contributed by atoms with van der Waals surface area (Å²) in [5, 5.41) is 4.67. The molecule has 1 aliphatic heterocycles. The summed E-state index contributed by atoms with van der Waals surface area (Å²) >= 11 is 2.61. The number of piperazine rings is 1. The Morgan fingerprint density at radius 3 is 2.53 bits per heavy atom. The number of halogens is 1. The fourth-order valence-corrected chi connectivity index (χ4v) is 6.52. The molecular weight excluding hydrogens is 587 g/mol. The fourth-order valence-electron chi connectivity index (χ4n) is 5.80. The number of hydrogen-bond donors (Lipinski definition) is 1. The maximum absolute atomic E-state index is 5.22. The molecule has 1 N–H and O–H groups in total. The van der Waals surface area contributed by atoms with Crippen molar-refractivity contribution in [2.24, 2.45) is 0 Å². The average molecular weight is 631 g/mol. The Hall–Kier alpha value is -1.75. The van der Waals surface area contributed by atoms with Gasteiger partial charge in [0.15, 0.2) is 0 Å². The van der Waals surface area contributed by atoms with Crippen LogP contribution >= 0.6 is 22.6 Å². The van der Waals surface area contributed by atoms with E-state index in [2.05, 4.69) is 86.7 Å². The summed E-state index contributed by atoms with van der Waals surface area (Å²) < 4.78 is 8.46. The highest BCUT2D eigenvalue weighted by molar-refractivity contribution is 14.1. The van der Waals surface area contributed by atoms with Gasteiger partial charge in [0.1, 0.15) is 5.65 Å². The Morgan fingerprint density at radius 1 is 1.08 bits per heavy atom. The number of methoxy groups -OCH3 is 1. The number of rotatable bonds is 10. The van der Waals surface area contributed by atoms with E-state index in [-0.39, 0.29) is 0 Å². The lowest BCUT2D eigenvalue weighted by atomic mass is 9.95. The molecule has 8 heteroatoms. The molecule has 1 aliphatic carbocycles. The van der Waals surface area contributed by atoms with Crippen LogP contribution in [0.2, 0.25) is 0 Å². The molecule has 206 valence electrons. The Bertz CT molecular complexity index is 1170. The van der Waals surface area contributed by atoms with Crippen LogP contribution in [0.1, 0.15) is 57.1 Å². The van der Waals surface area contributed by atoms with Crippen LogP contribution in [-0.4, -0.2) is 81.2 Å². The minimum Gasteiger partial charge on any atom is -0.385 e. The third kappa shape index (κ3) is 6.87. The number of anilines is 1. The zero-order valence-corrected chi connectivity index (χ0v) is 25.4. The second-order valence-corrected chi connectivity index (χ2v) is 13.0. The first-order valence-corrected chi connectivity index (χ1v) is 15.5. The summed E-state index contributed by atoms with van der Waals surface area (Å²) in [4.78, 5) is 14.8. The van der Waals surface area contributed by atoms with Gasteiger partial charge in [0, 0.05) is 85.8 Å². The quantitative estimate of drug-likeness (QED) is 0.169. The van der Waals surface area contributed by atoms with Crippen LogP contribution in [0.25, 0.3) is 22.2 Å². The minimum absolute atomic E-state index is 0.299. The normalized spacial score (nSPS) is 22.1. The molecule has 1 atom stereocenters. The average Bonchev–Trinajstić information content (AvgIpc) is 3.30. The molecule has 2 fully saturated rings. The van der Waals surface area contributed by atoms with Gasteiger partial charge >= 0.3 is 0 Å². The van der Waals surface area contributed by atoms with Gasteiger partial charge in [-0.15, -0.1) is 0 Å². The largest absolute Gasteiger partial charge is 0.385 e. The lowest BCUT2D eigenvalue weighted by Crippen LogP contribution is -2.43. The summed E-state index contributed by atoms with van der Waals surface area (Å²) in [5.41, 5.74) is 4.92. The Kier molecular flexibility index (Phi) is 9.56. The van der Waals surface area contributed by atoms with Gasteiger partial charge in [-0.05, 0) is 63.6 Å². The molecule has 1 saturated carbocycles. The molecule has 3 aromatic rings. The van der Waals surface area contributed by atoms with Crippen molar-refractivity contribution in [2.45, 2.75) is 68.0 Å². The molecule has 38 heavy (non-hydrogen) atoms. The highest BCUT2D eigenvalue weighted by atomic mass is 127. The molecule has 2 aliphatic rings. The molecular formula is C30H43IN6O. The molecule has 5 rings (SSSR count). The molecule has 1 aromatic carbocycles. The van der Waals surface area contributed by atoms with Crippen LogP contribution in [0.4, 0.5) is 5.95 Å². The fraction of sp³-hybridized carbons (Fsp3) is 0.600. The number of aromatic nitrogens is 3. The predicted molar refractivity (Wildman–Crippen MR) is 165 cm³/mol. The van der Waals surface area contributed by atoms with E-state index in [4.69, 9.17) is 14.7 Å². The van der Waals surface area contributed by atoms with Gasteiger partial charge in [-0.1, -0.05) is 46.9 Å². The number of fused-ring (bicyclic) bond motifs is 1. The van der Waals surface area contributed by atoms with Crippen LogP contribution in [0.5, 0.6) is 0 Å². The van der Waals surface area contributed by atoms with Crippen molar-refractivity contribution in [3.05, 3.63) is 42.2 Å². The summed E-state index contributed by atoms with van der Waals surface area (Å²) in [6.45, 7) is 8.59. The van der Waals surface area contributed by atoms with E-state index in [1.807, 2.05) is 6.20 Å². The van der Waals surface area contributed by atoms with Gasteiger partial charge in [0.2, 0.25) is 5.95 Å². The van der Waals surface area contributed by atoms with E-state index < -0.39 is 0 Å². The van der Waals surface area contributed by atoms with Gasteiger partial charge in [0.25, 0.3) is 0 Å². The number of ether oxygens (including phenoxy) is 1. The second-order valence-electron chi connectivity index (χ2n) is 11.2. The molecule has 2 aromatic heterocycles.